The molecule has 0 radical (unpaired) electrons. The number of benzene rings is 2. The van der Waals surface area contributed by atoms with Gasteiger partial charge in [0.25, 0.3) is 0 Å². The molecule has 20 heavy (non-hydrogen) atoms. The number of ether oxygens (including phenoxy) is 2. The maximum absolute atomic E-state index is 5.36. The summed E-state index contributed by atoms with van der Waals surface area (Å²) in [5, 5.41) is 0.876. The molecule has 3 heteroatoms. The Kier molecular flexibility index (Phi) is 5.24. The highest BCUT2D eigenvalue weighted by molar-refractivity contribution is 9.08. The third-order valence-electron chi connectivity index (χ3n) is 3.03. The molecule has 0 aromatic heterocycles. The summed E-state index contributed by atoms with van der Waals surface area (Å²) >= 11 is 3.44. The number of methoxy groups -OCH3 is 2. The van der Waals surface area contributed by atoms with Gasteiger partial charge in [-0.3, -0.25) is 0 Å². The minimum atomic E-state index is 0.820. The highest BCUT2D eigenvalue weighted by Gasteiger charge is 2.01. The van der Waals surface area contributed by atoms with Crippen molar-refractivity contribution in [1.82, 2.24) is 0 Å². The van der Waals surface area contributed by atoms with Gasteiger partial charge < -0.3 is 9.47 Å². The van der Waals surface area contributed by atoms with Crippen LogP contribution in [0.1, 0.15) is 16.7 Å². The molecule has 0 bridgehead atoms. The third kappa shape index (κ3) is 3.64. The molecular formula is C17H17BrO2. The van der Waals surface area contributed by atoms with Gasteiger partial charge in [-0.05, 0) is 29.3 Å². The second-order valence-electron chi connectivity index (χ2n) is 4.32. The first-order valence-corrected chi connectivity index (χ1v) is 7.44. The highest BCUT2D eigenvalue weighted by atomic mass is 79.9. The lowest BCUT2D eigenvalue weighted by Crippen LogP contribution is -1.89. The van der Waals surface area contributed by atoms with Crippen LogP contribution < -0.4 is 9.47 Å². The molecule has 0 saturated carbocycles. The Morgan fingerprint density at radius 3 is 2.30 bits per heavy atom. The molecule has 0 atom stereocenters. The fraction of sp³-hybridized carbons (Fsp3) is 0.176. The number of hydrogen-bond acceptors (Lipinski definition) is 2. The molecule has 0 fully saturated rings. The maximum Gasteiger partial charge on any atom is 0.126 e. The second kappa shape index (κ2) is 7.15. The summed E-state index contributed by atoms with van der Waals surface area (Å²) in [4.78, 5) is 0. The molecule has 2 rings (SSSR count). The standard InChI is InChI=1S/C17H17BrO2/c1-19-16-9-10-17(20-2)15(11-16)8-7-13-3-5-14(12-18)6-4-13/h3-11H,12H2,1-2H3. The van der Waals surface area contributed by atoms with Crippen molar-refractivity contribution in [3.8, 4) is 11.5 Å². The van der Waals surface area contributed by atoms with Gasteiger partial charge in [0.1, 0.15) is 11.5 Å². The Bertz CT molecular complexity index is 588. The number of alkyl halides is 1. The number of halogens is 1. The van der Waals surface area contributed by atoms with Crippen LogP contribution in [0.3, 0.4) is 0 Å². The van der Waals surface area contributed by atoms with Crippen LogP contribution in [-0.2, 0) is 5.33 Å². The zero-order valence-electron chi connectivity index (χ0n) is 11.6. The van der Waals surface area contributed by atoms with E-state index in [-0.39, 0.29) is 0 Å². The first kappa shape index (κ1) is 14.7. The van der Waals surface area contributed by atoms with E-state index in [1.54, 1.807) is 14.2 Å². The molecule has 0 amide bonds. The van der Waals surface area contributed by atoms with Crippen LogP contribution in [0.15, 0.2) is 42.5 Å². The van der Waals surface area contributed by atoms with Crippen molar-refractivity contribution >= 4 is 28.1 Å². The Morgan fingerprint density at radius 2 is 1.70 bits per heavy atom. The minimum absolute atomic E-state index is 0.820. The van der Waals surface area contributed by atoms with Crippen LogP contribution in [-0.4, -0.2) is 14.2 Å². The molecule has 0 aliphatic carbocycles. The van der Waals surface area contributed by atoms with Gasteiger partial charge >= 0.3 is 0 Å². The van der Waals surface area contributed by atoms with E-state index >= 15 is 0 Å². The zero-order valence-corrected chi connectivity index (χ0v) is 13.2. The lowest BCUT2D eigenvalue weighted by atomic mass is 10.1. The van der Waals surface area contributed by atoms with E-state index in [1.807, 2.05) is 24.3 Å². The summed E-state index contributed by atoms with van der Waals surface area (Å²) in [6, 6.07) is 14.2. The smallest absolute Gasteiger partial charge is 0.126 e. The molecule has 0 aliphatic heterocycles. The monoisotopic (exact) mass is 332 g/mol. The molecule has 0 N–H and O–H groups in total. The predicted molar refractivity (Wildman–Crippen MR) is 87.5 cm³/mol. The van der Waals surface area contributed by atoms with Crippen LogP contribution in [0, 0.1) is 0 Å². The van der Waals surface area contributed by atoms with Crippen molar-refractivity contribution in [2.45, 2.75) is 5.33 Å². The topological polar surface area (TPSA) is 18.5 Å². The molecule has 0 heterocycles. The van der Waals surface area contributed by atoms with E-state index in [2.05, 4.69) is 46.3 Å². The largest absolute Gasteiger partial charge is 0.497 e. The van der Waals surface area contributed by atoms with E-state index in [0.29, 0.717) is 0 Å². The number of rotatable bonds is 5. The normalized spacial score (nSPS) is 10.8. The minimum Gasteiger partial charge on any atom is -0.497 e. The van der Waals surface area contributed by atoms with E-state index in [0.717, 1.165) is 28.0 Å². The van der Waals surface area contributed by atoms with E-state index in [4.69, 9.17) is 9.47 Å². The van der Waals surface area contributed by atoms with Crippen LogP contribution in [0.5, 0.6) is 11.5 Å². The van der Waals surface area contributed by atoms with Crippen molar-refractivity contribution < 1.29 is 9.47 Å². The van der Waals surface area contributed by atoms with Crippen molar-refractivity contribution in [2.24, 2.45) is 0 Å². The van der Waals surface area contributed by atoms with Crippen LogP contribution >= 0.6 is 15.9 Å². The zero-order chi connectivity index (χ0) is 14.4. The SMILES string of the molecule is COc1ccc(OC)c(C=Cc2ccc(CBr)cc2)c1. The summed E-state index contributed by atoms with van der Waals surface area (Å²) in [5.74, 6) is 1.65. The molecule has 2 aromatic carbocycles. The molecule has 2 nitrogen and oxygen atoms in total. The Labute approximate surface area is 128 Å². The summed E-state index contributed by atoms with van der Waals surface area (Å²) in [5.41, 5.74) is 3.41. The number of hydrogen-bond donors (Lipinski definition) is 0. The van der Waals surface area contributed by atoms with Gasteiger partial charge in [-0.15, -0.1) is 0 Å². The van der Waals surface area contributed by atoms with E-state index in [1.165, 1.54) is 5.56 Å². The molecule has 2 aromatic rings. The summed E-state index contributed by atoms with van der Waals surface area (Å²) in [6.45, 7) is 0. The van der Waals surface area contributed by atoms with Gasteiger partial charge in [-0.25, -0.2) is 0 Å². The first-order chi connectivity index (χ1) is 9.76. The van der Waals surface area contributed by atoms with Crippen molar-refractivity contribution in [2.75, 3.05) is 14.2 Å². The van der Waals surface area contributed by atoms with Crippen molar-refractivity contribution in [3.05, 3.63) is 59.2 Å². The Hall–Kier alpha value is -1.74. The second-order valence-corrected chi connectivity index (χ2v) is 4.88. The molecule has 0 saturated heterocycles. The van der Waals surface area contributed by atoms with Gasteiger partial charge in [-0.2, -0.15) is 0 Å². The fourth-order valence-corrected chi connectivity index (χ4v) is 2.25. The van der Waals surface area contributed by atoms with Crippen molar-refractivity contribution in [3.63, 3.8) is 0 Å². The quantitative estimate of drug-likeness (QED) is 0.580. The first-order valence-electron chi connectivity index (χ1n) is 6.32. The van der Waals surface area contributed by atoms with Crippen LogP contribution in [0.25, 0.3) is 12.2 Å². The van der Waals surface area contributed by atoms with Crippen molar-refractivity contribution in [1.29, 1.82) is 0 Å². The van der Waals surface area contributed by atoms with E-state index < -0.39 is 0 Å². The lowest BCUT2D eigenvalue weighted by molar-refractivity contribution is 0.402. The lowest BCUT2D eigenvalue weighted by Gasteiger charge is -2.07. The summed E-state index contributed by atoms with van der Waals surface area (Å²) in [6.07, 6.45) is 4.10. The molecule has 0 aliphatic rings. The summed E-state index contributed by atoms with van der Waals surface area (Å²) < 4.78 is 10.6. The summed E-state index contributed by atoms with van der Waals surface area (Å²) in [7, 11) is 3.33. The van der Waals surface area contributed by atoms with Gasteiger partial charge in [-0.1, -0.05) is 52.3 Å². The molecule has 104 valence electrons. The van der Waals surface area contributed by atoms with Gasteiger partial charge in [0.15, 0.2) is 0 Å². The highest BCUT2D eigenvalue weighted by Crippen LogP contribution is 2.25. The third-order valence-corrected chi connectivity index (χ3v) is 3.67. The van der Waals surface area contributed by atoms with E-state index in [9.17, 15) is 0 Å². The molecular weight excluding hydrogens is 316 g/mol. The van der Waals surface area contributed by atoms with Gasteiger partial charge in [0, 0.05) is 10.9 Å². The van der Waals surface area contributed by atoms with Gasteiger partial charge in [0.2, 0.25) is 0 Å². The predicted octanol–water partition coefficient (Wildman–Crippen LogP) is 4.77. The Balaban J connectivity index is 2.24. The fourth-order valence-electron chi connectivity index (χ4n) is 1.87. The Morgan fingerprint density at radius 1 is 0.950 bits per heavy atom. The van der Waals surface area contributed by atoms with Gasteiger partial charge in [0.05, 0.1) is 14.2 Å². The maximum atomic E-state index is 5.36. The average molecular weight is 333 g/mol. The average Bonchev–Trinajstić information content (AvgIpc) is 2.53. The molecule has 0 unspecified atom stereocenters. The molecule has 0 spiro atoms. The van der Waals surface area contributed by atoms with Crippen LogP contribution in [0.2, 0.25) is 0 Å². The van der Waals surface area contributed by atoms with Crippen LogP contribution in [0.4, 0.5) is 0 Å².